The van der Waals surface area contributed by atoms with Gasteiger partial charge < -0.3 is 10.2 Å². The summed E-state index contributed by atoms with van der Waals surface area (Å²) < 4.78 is 0. The third-order valence-electron chi connectivity index (χ3n) is 4.12. The Bertz CT molecular complexity index is 447. The van der Waals surface area contributed by atoms with Crippen molar-refractivity contribution in [2.75, 3.05) is 33.2 Å². The van der Waals surface area contributed by atoms with Crippen molar-refractivity contribution in [1.29, 1.82) is 0 Å². The van der Waals surface area contributed by atoms with Gasteiger partial charge in [-0.25, -0.2) is 4.79 Å². The molecule has 0 aromatic heterocycles. The van der Waals surface area contributed by atoms with Crippen molar-refractivity contribution in [3.63, 3.8) is 0 Å². The average Bonchev–Trinajstić information content (AvgIpc) is 2.48. The first-order valence-electron chi connectivity index (χ1n) is 7.86. The molecule has 0 spiro atoms. The highest BCUT2D eigenvalue weighted by Gasteiger charge is 2.28. The molecule has 1 aromatic carbocycles. The summed E-state index contributed by atoms with van der Waals surface area (Å²) in [5.41, 5.74) is 1.28. The lowest BCUT2D eigenvalue weighted by atomic mass is 10.0. The topological polar surface area (TPSA) is 35.6 Å². The van der Waals surface area contributed by atoms with Crippen LogP contribution in [0.4, 0.5) is 4.79 Å². The SMILES string of the molecule is CC(C)CCNC(=O)N1CCN(C)C(c2ccccc2)C1. The minimum atomic E-state index is 0.0738. The third-order valence-corrected chi connectivity index (χ3v) is 4.12. The number of hydrogen-bond acceptors (Lipinski definition) is 2. The molecule has 1 fully saturated rings. The van der Waals surface area contributed by atoms with Crippen molar-refractivity contribution >= 4 is 6.03 Å². The zero-order valence-electron chi connectivity index (χ0n) is 13.4. The molecular weight excluding hydrogens is 262 g/mol. The number of carbonyl (C=O) groups excluding carboxylic acids is 1. The van der Waals surface area contributed by atoms with Crippen LogP contribution in [0.5, 0.6) is 0 Å². The minimum absolute atomic E-state index is 0.0738. The van der Waals surface area contributed by atoms with Gasteiger partial charge in [-0.1, -0.05) is 44.2 Å². The van der Waals surface area contributed by atoms with E-state index in [1.54, 1.807) is 0 Å². The predicted octanol–water partition coefficient (Wildman–Crippen LogP) is 2.73. The fraction of sp³-hybridized carbons (Fsp3) is 0.588. The predicted molar refractivity (Wildman–Crippen MR) is 86.2 cm³/mol. The number of piperazine rings is 1. The van der Waals surface area contributed by atoms with Crippen LogP contribution in [0.1, 0.15) is 31.9 Å². The molecule has 1 aliphatic heterocycles. The molecule has 1 N–H and O–H groups in total. The first-order valence-corrected chi connectivity index (χ1v) is 7.86. The molecule has 0 bridgehead atoms. The highest BCUT2D eigenvalue weighted by atomic mass is 16.2. The molecule has 1 saturated heterocycles. The average molecular weight is 289 g/mol. The Hall–Kier alpha value is -1.55. The van der Waals surface area contributed by atoms with E-state index in [4.69, 9.17) is 0 Å². The largest absolute Gasteiger partial charge is 0.338 e. The number of hydrogen-bond donors (Lipinski definition) is 1. The van der Waals surface area contributed by atoms with Crippen LogP contribution in [0.15, 0.2) is 30.3 Å². The fourth-order valence-electron chi connectivity index (χ4n) is 2.67. The summed E-state index contributed by atoms with van der Waals surface area (Å²) in [6.45, 7) is 7.58. The minimum Gasteiger partial charge on any atom is -0.338 e. The van der Waals surface area contributed by atoms with E-state index in [1.807, 2.05) is 11.0 Å². The van der Waals surface area contributed by atoms with Crippen molar-refractivity contribution in [3.8, 4) is 0 Å². The van der Waals surface area contributed by atoms with Crippen molar-refractivity contribution in [1.82, 2.24) is 15.1 Å². The van der Waals surface area contributed by atoms with Gasteiger partial charge in [0, 0.05) is 26.2 Å². The van der Waals surface area contributed by atoms with E-state index < -0.39 is 0 Å². The maximum Gasteiger partial charge on any atom is 0.317 e. The van der Waals surface area contributed by atoms with E-state index in [2.05, 4.69) is 55.4 Å². The molecular formula is C17H27N3O. The van der Waals surface area contributed by atoms with Crippen molar-refractivity contribution in [2.45, 2.75) is 26.3 Å². The molecule has 1 heterocycles. The van der Waals surface area contributed by atoms with Crippen molar-refractivity contribution in [2.24, 2.45) is 5.92 Å². The number of likely N-dealkylation sites (N-methyl/N-ethyl adjacent to an activating group) is 1. The molecule has 4 nitrogen and oxygen atoms in total. The van der Waals surface area contributed by atoms with Crippen LogP contribution in [-0.4, -0.2) is 49.1 Å². The number of urea groups is 1. The van der Waals surface area contributed by atoms with Crippen LogP contribution in [0.25, 0.3) is 0 Å². The molecule has 0 radical (unpaired) electrons. The van der Waals surface area contributed by atoms with Crippen LogP contribution in [0.2, 0.25) is 0 Å². The van der Waals surface area contributed by atoms with Crippen molar-refractivity contribution in [3.05, 3.63) is 35.9 Å². The second-order valence-corrected chi connectivity index (χ2v) is 6.27. The number of nitrogens with one attached hydrogen (secondary N) is 1. The summed E-state index contributed by atoms with van der Waals surface area (Å²) in [7, 11) is 2.13. The van der Waals surface area contributed by atoms with Gasteiger partial charge in [0.1, 0.15) is 0 Å². The van der Waals surface area contributed by atoms with E-state index >= 15 is 0 Å². The fourth-order valence-corrected chi connectivity index (χ4v) is 2.67. The Kier molecular flexibility index (Phi) is 5.62. The van der Waals surface area contributed by atoms with Crippen LogP contribution < -0.4 is 5.32 Å². The van der Waals surface area contributed by atoms with Gasteiger partial charge in [0.05, 0.1) is 6.04 Å². The lowest BCUT2D eigenvalue weighted by Gasteiger charge is -2.39. The Labute approximate surface area is 128 Å². The number of benzene rings is 1. The van der Waals surface area contributed by atoms with E-state index in [0.717, 1.165) is 32.6 Å². The Morgan fingerprint density at radius 1 is 1.29 bits per heavy atom. The van der Waals surface area contributed by atoms with Gasteiger partial charge in [-0.2, -0.15) is 0 Å². The van der Waals surface area contributed by atoms with E-state index in [0.29, 0.717) is 5.92 Å². The molecule has 2 rings (SSSR count). The summed E-state index contributed by atoms with van der Waals surface area (Å²) in [5.74, 6) is 0.620. The first kappa shape index (κ1) is 15.8. The molecule has 21 heavy (non-hydrogen) atoms. The third kappa shape index (κ3) is 4.46. The van der Waals surface area contributed by atoms with E-state index in [-0.39, 0.29) is 12.1 Å². The van der Waals surface area contributed by atoms with Gasteiger partial charge in [0.25, 0.3) is 0 Å². The molecule has 1 unspecified atom stereocenters. The molecule has 0 aliphatic carbocycles. The summed E-state index contributed by atoms with van der Waals surface area (Å²) in [4.78, 5) is 16.5. The maximum absolute atomic E-state index is 12.3. The number of nitrogens with zero attached hydrogens (tertiary/aromatic N) is 2. The summed E-state index contributed by atoms with van der Waals surface area (Å²) in [6, 6.07) is 10.8. The van der Waals surface area contributed by atoms with Gasteiger partial charge in [-0.05, 0) is 24.9 Å². The summed E-state index contributed by atoms with van der Waals surface area (Å²) in [5, 5.41) is 3.04. The number of rotatable bonds is 4. The van der Waals surface area contributed by atoms with Gasteiger partial charge in [-0.15, -0.1) is 0 Å². The van der Waals surface area contributed by atoms with Gasteiger partial charge in [0.2, 0.25) is 0 Å². The smallest absolute Gasteiger partial charge is 0.317 e. The lowest BCUT2D eigenvalue weighted by molar-refractivity contribution is 0.110. The standard InChI is InChI=1S/C17H27N3O/c1-14(2)9-10-18-17(21)20-12-11-19(3)16(13-20)15-7-5-4-6-8-15/h4-8,14,16H,9-13H2,1-3H3,(H,18,21). The maximum atomic E-state index is 12.3. The highest BCUT2D eigenvalue weighted by Crippen LogP contribution is 2.23. The monoisotopic (exact) mass is 289 g/mol. The number of amides is 2. The summed E-state index contributed by atoms with van der Waals surface area (Å²) in [6.07, 6.45) is 1.03. The van der Waals surface area contributed by atoms with Crippen LogP contribution in [-0.2, 0) is 0 Å². The molecule has 4 heteroatoms. The Morgan fingerprint density at radius 2 is 2.00 bits per heavy atom. The second-order valence-electron chi connectivity index (χ2n) is 6.27. The molecule has 1 atom stereocenters. The quantitative estimate of drug-likeness (QED) is 0.925. The molecule has 1 aromatic rings. The zero-order valence-corrected chi connectivity index (χ0v) is 13.4. The lowest BCUT2D eigenvalue weighted by Crippen LogP contribution is -2.52. The second kappa shape index (κ2) is 7.46. The highest BCUT2D eigenvalue weighted by molar-refractivity contribution is 5.74. The number of carbonyl (C=O) groups is 1. The zero-order chi connectivity index (χ0) is 15.2. The van der Waals surface area contributed by atoms with E-state index in [9.17, 15) is 4.79 Å². The van der Waals surface area contributed by atoms with Gasteiger partial charge >= 0.3 is 6.03 Å². The molecule has 2 amide bonds. The molecule has 116 valence electrons. The Morgan fingerprint density at radius 3 is 2.67 bits per heavy atom. The molecule has 1 aliphatic rings. The Balaban J connectivity index is 1.92. The molecule has 0 saturated carbocycles. The van der Waals surface area contributed by atoms with Gasteiger partial charge in [-0.3, -0.25) is 4.90 Å². The van der Waals surface area contributed by atoms with E-state index in [1.165, 1.54) is 5.56 Å². The van der Waals surface area contributed by atoms with Gasteiger partial charge in [0.15, 0.2) is 0 Å². The van der Waals surface area contributed by atoms with Crippen LogP contribution in [0, 0.1) is 5.92 Å². The van der Waals surface area contributed by atoms with Crippen LogP contribution >= 0.6 is 0 Å². The normalized spacial score (nSPS) is 19.8. The van der Waals surface area contributed by atoms with Crippen molar-refractivity contribution < 1.29 is 4.79 Å². The summed E-state index contributed by atoms with van der Waals surface area (Å²) >= 11 is 0. The van der Waals surface area contributed by atoms with Crippen LogP contribution in [0.3, 0.4) is 0 Å². The first-order chi connectivity index (χ1) is 10.1.